The molecule has 0 unspecified atom stereocenters. The number of methoxy groups -OCH3 is 1. The van der Waals surface area contributed by atoms with Gasteiger partial charge in [0.25, 0.3) is 5.91 Å². The predicted molar refractivity (Wildman–Crippen MR) is 161 cm³/mol. The zero-order chi connectivity index (χ0) is 30.8. The van der Waals surface area contributed by atoms with E-state index in [1.165, 1.54) is 42.7 Å². The van der Waals surface area contributed by atoms with Crippen LogP contribution in [-0.2, 0) is 42.2 Å². The fourth-order valence-electron chi connectivity index (χ4n) is 4.58. The van der Waals surface area contributed by atoms with E-state index < -0.39 is 15.7 Å². The number of aromatic nitrogens is 3. The SMILES string of the molecule is COCCCS(=O)(=O)c1ccc(C(=NOCc2ncccn2)C(=O)Nc2ncc(CN3CCN(C(C)=O)[C@@H](C)C3)s2)cc1. The Morgan fingerprint density at radius 1 is 1.14 bits per heavy atom. The summed E-state index contributed by atoms with van der Waals surface area (Å²) in [6, 6.07) is 7.69. The van der Waals surface area contributed by atoms with Gasteiger partial charge in [0, 0.05) is 81.9 Å². The molecule has 0 radical (unpaired) electrons. The number of piperazine rings is 1. The first-order valence-electron chi connectivity index (χ1n) is 13.7. The molecule has 1 fully saturated rings. The second-order valence-corrected chi connectivity index (χ2v) is 13.2. The Morgan fingerprint density at radius 2 is 1.88 bits per heavy atom. The van der Waals surface area contributed by atoms with E-state index in [9.17, 15) is 18.0 Å². The van der Waals surface area contributed by atoms with E-state index in [0.29, 0.717) is 42.6 Å². The number of oxime groups is 1. The topological polar surface area (TPSA) is 156 Å². The molecule has 1 aliphatic heterocycles. The van der Waals surface area contributed by atoms with Gasteiger partial charge in [0.1, 0.15) is 0 Å². The van der Waals surface area contributed by atoms with Gasteiger partial charge in [-0.1, -0.05) is 17.3 Å². The van der Waals surface area contributed by atoms with E-state index in [0.717, 1.165) is 18.0 Å². The van der Waals surface area contributed by atoms with Crippen LogP contribution in [-0.4, -0.2) is 95.8 Å². The Balaban J connectivity index is 1.46. The van der Waals surface area contributed by atoms with Gasteiger partial charge < -0.3 is 14.5 Å². The highest BCUT2D eigenvalue weighted by molar-refractivity contribution is 7.91. The van der Waals surface area contributed by atoms with Crippen molar-refractivity contribution < 1.29 is 27.6 Å². The van der Waals surface area contributed by atoms with Gasteiger partial charge in [0.2, 0.25) is 5.91 Å². The molecule has 0 aliphatic carbocycles. The maximum absolute atomic E-state index is 13.4. The highest BCUT2D eigenvalue weighted by atomic mass is 32.2. The number of ether oxygens (including phenoxy) is 1. The molecule has 43 heavy (non-hydrogen) atoms. The lowest BCUT2D eigenvalue weighted by Crippen LogP contribution is -2.52. The van der Waals surface area contributed by atoms with E-state index >= 15 is 0 Å². The predicted octanol–water partition coefficient (Wildman–Crippen LogP) is 2.36. The van der Waals surface area contributed by atoms with Crippen molar-refractivity contribution in [1.82, 2.24) is 24.8 Å². The Labute approximate surface area is 254 Å². The summed E-state index contributed by atoms with van der Waals surface area (Å²) in [6.45, 7) is 6.69. The molecule has 2 aromatic heterocycles. The van der Waals surface area contributed by atoms with Crippen molar-refractivity contribution in [1.29, 1.82) is 0 Å². The third-order valence-corrected chi connectivity index (χ3v) is 9.42. The van der Waals surface area contributed by atoms with Crippen molar-refractivity contribution in [2.24, 2.45) is 5.16 Å². The summed E-state index contributed by atoms with van der Waals surface area (Å²) < 4.78 is 30.3. The Bertz CT molecular complexity index is 1510. The normalized spacial score (nSPS) is 16.2. The molecule has 1 N–H and O–H groups in total. The molecule has 15 heteroatoms. The number of carbonyl (C=O) groups is 2. The lowest BCUT2D eigenvalue weighted by Gasteiger charge is -2.39. The molecular weight excluding hydrogens is 594 g/mol. The number of nitrogens with one attached hydrogen (secondary N) is 1. The Morgan fingerprint density at radius 3 is 2.56 bits per heavy atom. The van der Waals surface area contributed by atoms with Crippen LogP contribution in [0.1, 0.15) is 36.5 Å². The average molecular weight is 630 g/mol. The molecular formula is C28H35N7O6S2. The molecule has 13 nitrogen and oxygen atoms in total. The quantitative estimate of drug-likeness (QED) is 0.169. The molecule has 4 rings (SSSR count). The maximum Gasteiger partial charge on any atom is 0.280 e. The summed E-state index contributed by atoms with van der Waals surface area (Å²) in [6.07, 6.45) is 5.22. The molecule has 2 amide bonds. The van der Waals surface area contributed by atoms with Crippen LogP contribution < -0.4 is 5.32 Å². The highest BCUT2D eigenvalue weighted by Gasteiger charge is 2.26. The summed E-state index contributed by atoms with van der Waals surface area (Å²) in [5, 5.41) is 7.22. The first-order chi connectivity index (χ1) is 20.7. The number of hydrogen-bond donors (Lipinski definition) is 1. The molecule has 0 spiro atoms. The standard InChI is InChI=1S/C28H35N7O6S2/c1-20-17-34(12-13-35(20)21(2)36)18-23-16-31-28(42-23)32-27(37)26(33-41-19-25-29-10-4-11-30-25)22-6-8-24(9-7-22)43(38,39)15-5-14-40-3/h4,6-11,16,20H,5,12-15,17-19H2,1-3H3,(H,31,32,37)/t20-/m0/s1. The fraction of sp³-hybridized carbons (Fsp3) is 0.429. The zero-order valence-electron chi connectivity index (χ0n) is 24.3. The first-order valence-corrected chi connectivity index (χ1v) is 16.2. The van der Waals surface area contributed by atoms with Crippen LogP contribution in [0.25, 0.3) is 0 Å². The van der Waals surface area contributed by atoms with E-state index in [2.05, 4.69) is 30.3 Å². The van der Waals surface area contributed by atoms with Crippen molar-refractivity contribution in [2.45, 2.75) is 44.4 Å². The summed E-state index contributed by atoms with van der Waals surface area (Å²) >= 11 is 1.34. The number of sulfone groups is 1. The molecule has 0 bridgehead atoms. The third kappa shape index (κ3) is 9.10. The van der Waals surface area contributed by atoms with Crippen LogP contribution in [0.2, 0.25) is 0 Å². The van der Waals surface area contributed by atoms with Crippen molar-refractivity contribution in [2.75, 3.05) is 44.4 Å². The van der Waals surface area contributed by atoms with E-state index in [1.807, 2.05) is 11.8 Å². The second-order valence-electron chi connectivity index (χ2n) is 9.95. The van der Waals surface area contributed by atoms with Crippen molar-refractivity contribution >= 4 is 43.8 Å². The number of amides is 2. The van der Waals surface area contributed by atoms with Crippen LogP contribution >= 0.6 is 11.3 Å². The Kier molecular flexibility index (Phi) is 11.3. The number of anilines is 1. The van der Waals surface area contributed by atoms with Crippen LogP contribution in [0.4, 0.5) is 5.13 Å². The minimum atomic E-state index is -3.52. The molecule has 3 heterocycles. The first kappa shape index (κ1) is 32.1. The zero-order valence-corrected chi connectivity index (χ0v) is 25.9. The van der Waals surface area contributed by atoms with Crippen molar-refractivity contribution in [3.05, 3.63) is 65.2 Å². The number of nitrogens with zero attached hydrogens (tertiary/aromatic N) is 6. The minimum absolute atomic E-state index is 0.0560. The van der Waals surface area contributed by atoms with Gasteiger partial charge >= 0.3 is 0 Å². The molecule has 1 saturated heterocycles. The number of hydrogen-bond acceptors (Lipinski definition) is 12. The maximum atomic E-state index is 13.4. The summed E-state index contributed by atoms with van der Waals surface area (Å²) in [4.78, 5) is 48.3. The van der Waals surface area contributed by atoms with Crippen LogP contribution in [0.5, 0.6) is 0 Å². The monoisotopic (exact) mass is 629 g/mol. The number of benzene rings is 1. The number of rotatable bonds is 13. The lowest BCUT2D eigenvalue weighted by atomic mass is 10.1. The third-order valence-electron chi connectivity index (χ3n) is 6.70. The van der Waals surface area contributed by atoms with Crippen LogP contribution in [0.3, 0.4) is 0 Å². The largest absolute Gasteiger partial charge is 0.387 e. The van der Waals surface area contributed by atoms with Gasteiger partial charge in [-0.3, -0.25) is 19.8 Å². The van der Waals surface area contributed by atoms with E-state index in [4.69, 9.17) is 9.57 Å². The smallest absolute Gasteiger partial charge is 0.280 e. The number of thiazole rings is 1. The highest BCUT2D eigenvalue weighted by Crippen LogP contribution is 2.22. The lowest BCUT2D eigenvalue weighted by molar-refractivity contribution is -0.133. The minimum Gasteiger partial charge on any atom is -0.387 e. The van der Waals surface area contributed by atoms with Gasteiger partial charge in [0.15, 0.2) is 33.1 Å². The van der Waals surface area contributed by atoms with Gasteiger partial charge in [-0.2, -0.15) is 0 Å². The molecule has 230 valence electrons. The molecule has 0 saturated carbocycles. The van der Waals surface area contributed by atoms with Crippen LogP contribution in [0.15, 0.2) is 59.0 Å². The van der Waals surface area contributed by atoms with Crippen molar-refractivity contribution in [3.8, 4) is 0 Å². The van der Waals surface area contributed by atoms with Gasteiger partial charge in [-0.15, -0.1) is 11.3 Å². The molecule has 1 aromatic carbocycles. The summed E-state index contributed by atoms with van der Waals surface area (Å²) in [7, 11) is -2.00. The summed E-state index contributed by atoms with van der Waals surface area (Å²) in [5.41, 5.74) is 0.293. The average Bonchev–Trinajstić information content (AvgIpc) is 3.42. The number of carbonyl (C=O) groups excluding carboxylic acids is 2. The van der Waals surface area contributed by atoms with E-state index in [-0.39, 0.29) is 34.9 Å². The molecule has 1 atom stereocenters. The second kappa shape index (κ2) is 15.1. The van der Waals surface area contributed by atoms with Crippen LogP contribution in [0, 0.1) is 0 Å². The molecule has 3 aromatic rings. The fourth-order valence-corrected chi connectivity index (χ4v) is 6.71. The summed E-state index contributed by atoms with van der Waals surface area (Å²) in [5.74, 6) is -0.175. The van der Waals surface area contributed by atoms with Gasteiger partial charge in [0.05, 0.1) is 10.6 Å². The van der Waals surface area contributed by atoms with Crippen molar-refractivity contribution in [3.63, 3.8) is 0 Å². The Hall–Kier alpha value is -3.79. The molecule has 1 aliphatic rings. The van der Waals surface area contributed by atoms with E-state index in [1.54, 1.807) is 31.6 Å². The van der Waals surface area contributed by atoms with Gasteiger partial charge in [-0.25, -0.2) is 23.4 Å². The van der Waals surface area contributed by atoms with Gasteiger partial charge in [-0.05, 0) is 31.5 Å².